The number of hydrogen-bond donors (Lipinski definition) is 0. The van der Waals surface area contributed by atoms with Crippen molar-refractivity contribution in [3.05, 3.63) is 29.6 Å². The topological polar surface area (TPSA) is 75.8 Å². The van der Waals surface area contributed by atoms with Gasteiger partial charge < -0.3 is 4.57 Å². The predicted molar refractivity (Wildman–Crippen MR) is 73.3 cm³/mol. The zero-order valence-electron chi connectivity index (χ0n) is 10.9. The minimum Gasteiger partial charge on any atom is -0.327 e. The molecule has 6 heteroatoms. The Labute approximate surface area is 112 Å². The molecule has 0 saturated heterocycles. The van der Waals surface area contributed by atoms with E-state index in [9.17, 15) is 8.42 Å². The van der Waals surface area contributed by atoms with E-state index in [2.05, 4.69) is 11.1 Å². The van der Waals surface area contributed by atoms with Crippen LogP contribution in [-0.4, -0.2) is 24.2 Å². The average molecular weight is 277 g/mol. The summed E-state index contributed by atoms with van der Waals surface area (Å²) in [6.07, 6.45) is 2.09. The van der Waals surface area contributed by atoms with E-state index >= 15 is 0 Å². The van der Waals surface area contributed by atoms with Crippen molar-refractivity contribution in [2.45, 2.75) is 25.6 Å². The lowest BCUT2D eigenvalue weighted by atomic mass is 10.2. The van der Waals surface area contributed by atoms with E-state index in [0.29, 0.717) is 23.4 Å². The number of nitrogens with zero attached hydrogens (tertiary/aromatic N) is 3. The number of fused-ring (bicyclic) bond motifs is 1. The zero-order valence-corrected chi connectivity index (χ0v) is 11.7. The Morgan fingerprint density at radius 1 is 1.42 bits per heavy atom. The van der Waals surface area contributed by atoms with Gasteiger partial charge in [0.15, 0.2) is 9.84 Å². The van der Waals surface area contributed by atoms with E-state index < -0.39 is 9.84 Å². The molecule has 1 heterocycles. The number of rotatable bonds is 4. The van der Waals surface area contributed by atoms with E-state index in [1.54, 1.807) is 12.1 Å². The summed E-state index contributed by atoms with van der Waals surface area (Å²) in [5.74, 6) is 0.457. The number of aryl methyl sites for hydroxylation is 1. The van der Waals surface area contributed by atoms with Crippen LogP contribution >= 0.6 is 0 Å². The summed E-state index contributed by atoms with van der Waals surface area (Å²) in [6.45, 7) is 2.74. The summed E-state index contributed by atoms with van der Waals surface area (Å²) in [5.41, 5.74) is 2.07. The van der Waals surface area contributed by atoms with Gasteiger partial charge in [-0.1, -0.05) is 6.92 Å². The second-order valence-electron chi connectivity index (χ2n) is 4.57. The molecule has 0 N–H and O–H groups in total. The summed E-state index contributed by atoms with van der Waals surface area (Å²) in [4.78, 5) is 4.36. The van der Waals surface area contributed by atoms with E-state index in [1.807, 2.05) is 17.6 Å². The molecule has 0 fully saturated rings. The fourth-order valence-corrected chi connectivity index (χ4v) is 2.76. The van der Waals surface area contributed by atoms with E-state index in [4.69, 9.17) is 5.26 Å². The SMILES string of the molecule is CCCn1c(CS(C)(=O)=O)nc2cc(C#N)ccc21. The van der Waals surface area contributed by atoms with Crippen molar-refractivity contribution in [1.82, 2.24) is 9.55 Å². The van der Waals surface area contributed by atoms with Crippen molar-refractivity contribution in [2.24, 2.45) is 0 Å². The van der Waals surface area contributed by atoms with Gasteiger partial charge in [0, 0.05) is 12.8 Å². The monoisotopic (exact) mass is 277 g/mol. The van der Waals surface area contributed by atoms with E-state index in [1.165, 1.54) is 6.26 Å². The molecule has 19 heavy (non-hydrogen) atoms. The number of imidazole rings is 1. The molecule has 1 aromatic carbocycles. The van der Waals surface area contributed by atoms with Gasteiger partial charge in [-0.15, -0.1) is 0 Å². The highest BCUT2D eigenvalue weighted by Gasteiger charge is 2.15. The molecule has 0 aliphatic heterocycles. The van der Waals surface area contributed by atoms with Crippen molar-refractivity contribution in [1.29, 1.82) is 5.26 Å². The van der Waals surface area contributed by atoms with E-state index in [-0.39, 0.29) is 5.75 Å². The van der Waals surface area contributed by atoms with Crippen molar-refractivity contribution in [2.75, 3.05) is 6.26 Å². The van der Waals surface area contributed by atoms with Crippen LogP contribution in [0.4, 0.5) is 0 Å². The highest BCUT2D eigenvalue weighted by atomic mass is 32.2. The summed E-state index contributed by atoms with van der Waals surface area (Å²) < 4.78 is 24.8. The van der Waals surface area contributed by atoms with Crippen LogP contribution in [0.25, 0.3) is 11.0 Å². The molecule has 0 spiro atoms. The van der Waals surface area contributed by atoms with Gasteiger partial charge in [-0.3, -0.25) is 0 Å². The van der Waals surface area contributed by atoms with Gasteiger partial charge in [0.2, 0.25) is 0 Å². The number of aromatic nitrogens is 2. The van der Waals surface area contributed by atoms with Gasteiger partial charge in [0.1, 0.15) is 11.6 Å². The molecular weight excluding hydrogens is 262 g/mol. The van der Waals surface area contributed by atoms with Crippen LogP contribution in [0.3, 0.4) is 0 Å². The molecule has 5 nitrogen and oxygen atoms in total. The normalized spacial score (nSPS) is 11.6. The zero-order chi connectivity index (χ0) is 14.0. The Hall–Kier alpha value is -1.87. The Balaban J connectivity index is 2.62. The maximum atomic E-state index is 11.5. The third-order valence-electron chi connectivity index (χ3n) is 2.79. The largest absolute Gasteiger partial charge is 0.327 e. The first-order valence-electron chi connectivity index (χ1n) is 6.01. The fourth-order valence-electron chi connectivity index (χ4n) is 2.07. The van der Waals surface area contributed by atoms with Gasteiger partial charge in [0.25, 0.3) is 0 Å². The molecule has 1 aromatic heterocycles. The standard InChI is InChI=1S/C13H15N3O2S/c1-3-6-16-12-5-4-10(8-14)7-11(12)15-13(16)9-19(2,17)18/h4-5,7H,3,6,9H2,1-2H3. The second kappa shape index (κ2) is 5.02. The molecule has 0 atom stereocenters. The van der Waals surface area contributed by atoms with Gasteiger partial charge >= 0.3 is 0 Å². The van der Waals surface area contributed by atoms with Gasteiger partial charge in [-0.25, -0.2) is 13.4 Å². The molecule has 0 aliphatic rings. The first kappa shape index (κ1) is 13.6. The maximum Gasteiger partial charge on any atom is 0.154 e. The first-order valence-corrected chi connectivity index (χ1v) is 8.07. The van der Waals surface area contributed by atoms with Crippen LogP contribution in [0.1, 0.15) is 24.7 Å². The molecule has 0 saturated carbocycles. The Bertz CT molecular complexity index is 754. The minimum absolute atomic E-state index is 0.0798. The first-order chi connectivity index (χ1) is 8.94. The molecule has 100 valence electrons. The van der Waals surface area contributed by atoms with Gasteiger partial charge in [-0.05, 0) is 24.6 Å². The van der Waals surface area contributed by atoms with E-state index in [0.717, 1.165) is 11.9 Å². The molecular formula is C13H15N3O2S. The van der Waals surface area contributed by atoms with Gasteiger partial charge in [0.05, 0.1) is 22.7 Å². The van der Waals surface area contributed by atoms with Crippen molar-refractivity contribution < 1.29 is 8.42 Å². The third-order valence-corrected chi connectivity index (χ3v) is 3.58. The van der Waals surface area contributed by atoms with Crippen molar-refractivity contribution >= 4 is 20.9 Å². The highest BCUT2D eigenvalue weighted by molar-refractivity contribution is 7.89. The Morgan fingerprint density at radius 3 is 2.74 bits per heavy atom. The highest BCUT2D eigenvalue weighted by Crippen LogP contribution is 2.19. The van der Waals surface area contributed by atoms with Crippen LogP contribution in [0, 0.1) is 11.3 Å². The predicted octanol–water partition coefficient (Wildman–Crippen LogP) is 1.86. The smallest absolute Gasteiger partial charge is 0.154 e. The van der Waals surface area contributed by atoms with Gasteiger partial charge in [-0.2, -0.15) is 5.26 Å². The van der Waals surface area contributed by atoms with Crippen LogP contribution in [0.5, 0.6) is 0 Å². The third kappa shape index (κ3) is 2.93. The fraction of sp³-hybridized carbons (Fsp3) is 0.385. The molecule has 0 radical (unpaired) electrons. The number of sulfone groups is 1. The maximum absolute atomic E-state index is 11.5. The molecule has 0 aliphatic carbocycles. The lowest BCUT2D eigenvalue weighted by molar-refractivity contribution is 0.595. The Morgan fingerprint density at radius 2 is 2.16 bits per heavy atom. The molecule has 2 rings (SSSR count). The number of nitriles is 1. The summed E-state index contributed by atoms with van der Waals surface area (Å²) in [7, 11) is -3.13. The minimum atomic E-state index is -3.13. The van der Waals surface area contributed by atoms with Crippen molar-refractivity contribution in [3.8, 4) is 6.07 Å². The lowest BCUT2D eigenvalue weighted by Crippen LogP contribution is -2.09. The molecule has 2 aromatic rings. The summed E-state index contributed by atoms with van der Waals surface area (Å²) in [6, 6.07) is 7.29. The van der Waals surface area contributed by atoms with Crippen LogP contribution in [0.15, 0.2) is 18.2 Å². The second-order valence-corrected chi connectivity index (χ2v) is 6.71. The van der Waals surface area contributed by atoms with Crippen LogP contribution < -0.4 is 0 Å². The molecule has 0 unspecified atom stereocenters. The van der Waals surface area contributed by atoms with Crippen LogP contribution in [-0.2, 0) is 22.1 Å². The molecule has 0 amide bonds. The summed E-state index contributed by atoms with van der Waals surface area (Å²) >= 11 is 0. The average Bonchev–Trinajstić information content (AvgIpc) is 2.64. The molecule has 0 bridgehead atoms. The lowest BCUT2D eigenvalue weighted by Gasteiger charge is -2.06. The summed E-state index contributed by atoms with van der Waals surface area (Å²) in [5, 5.41) is 8.88. The number of benzene rings is 1. The quantitative estimate of drug-likeness (QED) is 0.854. The van der Waals surface area contributed by atoms with Crippen LogP contribution in [0.2, 0.25) is 0 Å². The van der Waals surface area contributed by atoms with Crippen molar-refractivity contribution in [3.63, 3.8) is 0 Å². The number of hydrogen-bond acceptors (Lipinski definition) is 4. The Kier molecular flexibility index (Phi) is 3.58.